The van der Waals surface area contributed by atoms with Gasteiger partial charge >= 0.3 is 0 Å². The van der Waals surface area contributed by atoms with Gasteiger partial charge in [0.25, 0.3) is 0 Å². The zero-order valence-corrected chi connectivity index (χ0v) is 15.4. The lowest BCUT2D eigenvalue weighted by Gasteiger charge is -2.34. The molecule has 2 rings (SSSR count). The van der Waals surface area contributed by atoms with Gasteiger partial charge in [0.15, 0.2) is 0 Å². The van der Waals surface area contributed by atoms with E-state index >= 15 is 0 Å². The van der Waals surface area contributed by atoms with Gasteiger partial charge in [-0.2, -0.15) is 0 Å². The van der Waals surface area contributed by atoms with Crippen LogP contribution in [0.3, 0.4) is 0 Å². The molecule has 1 aliphatic rings. The number of rotatable bonds is 4. The Bertz CT molecular complexity index is 526. The van der Waals surface area contributed by atoms with Crippen LogP contribution in [-0.4, -0.2) is 36.0 Å². The second-order valence-electron chi connectivity index (χ2n) is 6.66. The molecule has 0 bridgehead atoms. The van der Waals surface area contributed by atoms with E-state index in [1.807, 2.05) is 24.8 Å². The molecule has 1 aliphatic heterocycles. The Kier molecular flexibility index (Phi) is 7.36. The van der Waals surface area contributed by atoms with E-state index in [1.54, 1.807) is 0 Å². The van der Waals surface area contributed by atoms with Crippen LogP contribution >= 0.6 is 12.4 Å². The first-order valence-electron chi connectivity index (χ1n) is 8.16. The molecule has 1 saturated heterocycles. The van der Waals surface area contributed by atoms with Crippen LogP contribution < -0.4 is 10.5 Å². The second kappa shape index (κ2) is 8.55. The monoisotopic (exact) mass is 340 g/mol. The topological polar surface area (TPSA) is 55.6 Å². The number of carbonyl (C=O) groups is 1. The van der Waals surface area contributed by atoms with Gasteiger partial charge in [0.1, 0.15) is 11.9 Å². The summed E-state index contributed by atoms with van der Waals surface area (Å²) in [5, 5.41) is 0. The summed E-state index contributed by atoms with van der Waals surface area (Å²) >= 11 is 0. The molecule has 0 spiro atoms. The van der Waals surface area contributed by atoms with E-state index < -0.39 is 6.04 Å². The predicted molar refractivity (Wildman–Crippen MR) is 96.2 cm³/mol. The van der Waals surface area contributed by atoms with E-state index in [-0.39, 0.29) is 30.3 Å². The summed E-state index contributed by atoms with van der Waals surface area (Å²) in [6, 6.07) is 5.80. The minimum Gasteiger partial charge on any atom is -0.490 e. The van der Waals surface area contributed by atoms with Crippen LogP contribution in [0, 0.1) is 19.8 Å². The fourth-order valence-corrected chi connectivity index (χ4v) is 2.67. The quantitative estimate of drug-likeness (QED) is 0.916. The van der Waals surface area contributed by atoms with Crippen LogP contribution in [0.1, 0.15) is 37.8 Å². The Hall–Kier alpha value is -1.26. The van der Waals surface area contributed by atoms with Crippen molar-refractivity contribution in [2.75, 3.05) is 13.1 Å². The molecular formula is C18H29ClN2O2. The first kappa shape index (κ1) is 19.8. The third kappa shape index (κ3) is 5.11. The fraction of sp³-hybridized carbons (Fsp3) is 0.611. The van der Waals surface area contributed by atoms with Crippen molar-refractivity contribution in [1.82, 2.24) is 4.90 Å². The Morgan fingerprint density at radius 1 is 1.22 bits per heavy atom. The molecule has 130 valence electrons. The number of halogens is 1. The zero-order valence-electron chi connectivity index (χ0n) is 14.5. The van der Waals surface area contributed by atoms with Crippen molar-refractivity contribution in [1.29, 1.82) is 0 Å². The van der Waals surface area contributed by atoms with E-state index in [1.165, 1.54) is 11.1 Å². The SMILES string of the molecule is Cc1ccc(OC2CCN(C(=O)C(N)C(C)C)CC2)cc1C.Cl. The second-order valence-corrected chi connectivity index (χ2v) is 6.66. The van der Waals surface area contributed by atoms with Gasteiger partial charge in [-0.3, -0.25) is 4.79 Å². The number of likely N-dealkylation sites (tertiary alicyclic amines) is 1. The number of aryl methyl sites for hydroxylation is 2. The summed E-state index contributed by atoms with van der Waals surface area (Å²) in [6.45, 7) is 9.62. The normalized spacial score (nSPS) is 16.9. The average molecular weight is 341 g/mol. The summed E-state index contributed by atoms with van der Waals surface area (Å²) in [5.41, 5.74) is 8.47. The Labute approximate surface area is 145 Å². The van der Waals surface area contributed by atoms with Crippen molar-refractivity contribution in [3.8, 4) is 5.75 Å². The minimum atomic E-state index is -0.391. The highest BCUT2D eigenvalue weighted by molar-refractivity contribution is 5.85. The maximum absolute atomic E-state index is 12.2. The number of ether oxygens (including phenoxy) is 1. The molecule has 23 heavy (non-hydrogen) atoms. The van der Waals surface area contributed by atoms with Crippen molar-refractivity contribution in [3.05, 3.63) is 29.3 Å². The molecule has 1 aromatic rings. The third-order valence-electron chi connectivity index (χ3n) is 4.54. The third-order valence-corrected chi connectivity index (χ3v) is 4.54. The predicted octanol–water partition coefficient (Wildman–Crippen LogP) is 3.08. The first-order chi connectivity index (χ1) is 10.4. The molecule has 1 unspecified atom stereocenters. The molecular weight excluding hydrogens is 312 g/mol. The van der Waals surface area contributed by atoms with Gasteiger partial charge in [-0.15, -0.1) is 12.4 Å². The molecule has 1 amide bonds. The van der Waals surface area contributed by atoms with Crippen molar-refractivity contribution in [3.63, 3.8) is 0 Å². The van der Waals surface area contributed by atoms with E-state index in [0.717, 1.165) is 31.7 Å². The van der Waals surface area contributed by atoms with E-state index in [2.05, 4.69) is 26.0 Å². The molecule has 2 N–H and O–H groups in total. The summed E-state index contributed by atoms with van der Waals surface area (Å²) < 4.78 is 6.06. The standard InChI is InChI=1S/C18H28N2O2.ClH/c1-12(2)17(19)18(21)20-9-7-15(8-10-20)22-16-6-5-13(3)14(4)11-16;/h5-6,11-12,15,17H,7-10,19H2,1-4H3;1H. The van der Waals surface area contributed by atoms with Gasteiger partial charge in [0, 0.05) is 25.9 Å². The zero-order chi connectivity index (χ0) is 16.3. The summed E-state index contributed by atoms with van der Waals surface area (Å²) in [6.07, 6.45) is 1.91. The molecule has 0 saturated carbocycles. The van der Waals surface area contributed by atoms with Crippen molar-refractivity contribution in [2.45, 2.75) is 52.7 Å². The van der Waals surface area contributed by atoms with Gasteiger partial charge in [-0.1, -0.05) is 19.9 Å². The molecule has 0 radical (unpaired) electrons. The molecule has 0 aromatic heterocycles. The molecule has 1 atom stereocenters. The number of piperidine rings is 1. The van der Waals surface area contributed by atoms with Crippen molar-refractivity contribution >= 4 is 18.3 Å². The fourth-order valence-electron chi connectivity index (χ4n) is 2.67. The molecule has 1 heterocycles. The number of amides is 1. The summed E-state index contributed by atoms with van der Waals surface area (Å²) in [4.78, 5) is 14.1. The van der Waals surface area contributed by atoms with Crippen LogP contribution in [0.15, 0.2) is 18.2 Å². The largest absolute Gasteiger partial charge is 0.490 e. The lowest BCUT2D eigenvalue weighted by molar-refractivity contribution is -0.135. The molecule has 5 heteroatoms. The van der Waals surface area contributed by atoms with E-state index in [4.69, 9.17) is 10.5 Å². The Morgan fingerprint density at radius 2 is 1.83 bits per heavy atom. The van der Waals surface area contributed by atoms with Crippen LogP contribution in [0.5, 0.6) is 5.75 Å². The summed E-state index contributed by atoms with van der Waals surface area (Å²) in [7, 11) is 0. The maximum Gasteiger partial charge on any atom is 0.239 e. The highest BCUT2D eigenvalue weighted by Gasteiger charge is 2.28. The van der Waals surface area contributed by atoms with Crippen LogP contribution in [-0.2, 0) is 4.79 Å². The molecule has 1 fully saturated rings. The van der Waals surface area contributed by atoms with E-state index in [9.17, 15) is 4.79 Å². The maximum atomic E-state index is 12.2. The number of hydrogen-bond donors (Lipinski definition) is 1. The average Bonchev–Trinajstić information content (AvgIpc) is 2.50. The van der Waals surface area contributed by atoms with Crippen LogP contribution in [0.25, 0.3) is 0 Å². The van der Waals surface area contributed by atoms with Gasteiger partial charge in [0.2, 0.25) is 5.91 Å². The van der Waals surface area contributed by atoms with Gasteiger partial charge in [-0.05, 0) is 43.0 Å². The van der Waals surface area contributed by atoms with Gasteiger partial charge in [0.05, 0.1) is 6.04 Å². The van der Waals surface area contributed by atoms with Crippen LogP contribution in [0.4, 0.5) is 0 Å². The van der Waals surface area contributed by atoms with Gasteiger partial charge < -0.3 is 15.4 Å². The lowest BCUT2D eigenvalue weighted by Crippen LogP contribution is -2.50. The lowest BCUT2D eigenvalue weighted by atomic mass is 10.0. The highest BCUT2D eigenvalue weighted by Crippen LogP contribution is 2.22. The number of nitrogens with zero attached hydrogens (tertiary/aromatic N) is 1. The molecule has 4 nitrogen and oxygen atoms in total. The van der Waals surface area contributed by atoms with E-state index in [0.29, 0.717) is 0 Å². The first-order valence-corrected chi connectivity index (χ1v) is 8.16. The Balaban J connectivity index is 0.00000264. The molecule has 1 aromatic carbocycles. The Morgan fingerprint density at radius 3 is 2.35 bits per heavy atom. The smallest absolute Gasteiger partial charge is 0.239 e. The summed E-state index contributed by atoms with van der Waals surface area (Å²) in [5.74, 6) is 1.17. The minimum absolute atomic E-state index is 0. The highest BCUT2D eigenvalue weighted by atomic mass is 35.5. The van der Waals surface area contributed by atoms with Crippen molar-refractivity contribution in [2.24, 2.45) is 11.7 Å². The number of nitrogens with two attached hydrogens (primary N) is 1. The van der Waals surface area contributed by atoms with Crippen LogP contribution in [0.2, 0.25) is 0 Å². The van der Waals surface area contributed by atoms with Gasteiger partial charge in [-0.25, -0.2) is 0 Å². The van der Waals surface area contributed by atoms with Crippen molar-refractivity contribution < 1.29 is 9.53 Å². The number of hydrogen-bond acceptors (Lipinski definition) is 3. The molecule has 0 aliphatic carbocycles. The number of benzene rings is 1. The number of carbonyl (C=O) groups excluding carboxylic acids is 1.